The lowest BCUT2D eigenvalue weighted by molar-refractivity contribution is -0.145. The number of carbonyl (C=O) groups excluding carboxylic acids is 3. The van der Waals surface area contributed by atoms with Crippen molar-refractivity contribution < 1.29 is 23.9 Å². The molecule has 0 heterocycles. The van der Waals surface area contributed by atoms with Crippen LogP contribution in [0.15, 0.2) is 91.0 Å². The van der Waals surface area contributed by atoms with Crippen LogP contribution >= 0.6 is 0 Å². The van der Waals surface area contributed by atoms with E-state index in [4.69, 9.17) is 9.47 Å². The minimum absolute atomic E-state index is 0.227. The summed E-state index contributed by atoms with van der Waals surface area (Å²) in [5.41, 5.74) is 1.66. The smallest absolute Gasteiger partial charge is 0.344 e. The molecule has 0 aliphatic rings. The molecule has 0 radical (unpaired) electrons. The van der Waals surface area contributed by atoms with Crippen molar-refractivity contribution in [3.63, 3.8) is 0 Å². The van der Waals surface area contributed by atoms with Gasteiger partial charge in [-0.05, 0) is 54.1 Å². The van der Waals surface area contributed by atoms with Gasteiger partial charge < -0.3 is 20.1 Å². The molecular formula is C28H24N2O5. The molecule has 176 valence electrons. The number of rotatable bonds is 8. The number of ether oxygens (including phenoxy) is 2. The Morgan fingerprint density at radius 2 is 1.51 bits per heavy atom. The normalized spacial score (nSPS) is 10.4. The molecule has 0 atom stereocenters. The molecule has 0 saturated heterocycles. The third-order valence-corrected chi connectivity index (χ3v) is 5.19. The summed E-state index contributed by atoms with van der Waals surface area (Å²) < 4.78 is 10.3. The zero-order chi connectivity index (χ0) is 24.6. The van der Waals surface area contributed by atoms with Crippen molar-refractivity contribution in [2.45, 2.75) is 6.92 Å². The van der Waals surface area contributed by atoms with E-state index < -0.39 is 11.9 Å². The monoisotopic (exact) mass is 468 g/mol. The zero-order valence-electron chi connectivity index (χ0n) is 19.1. The van der Waals surface area contributed by atoms with Crippen molar-refractivity contribution in [1.82, 2.24) is 0 Å². The van der Waals surface area contributed by atoms with Crippen LogP contribution < -0.4 is 15.4 Å². The van der Waals surface area contributed by atoms with Crippen LogP contribution in [0.4, 0.5) is 11.4 Å². The summed E-state index contributed by atoms with van der Waals surface area (Å²) in [7, 11) is 0. The average Bonchev–Trinajstić information content (AvgIpc) is 2.88. The molecule has 4 aromatic rings. The molecular weight excluding hydrogens is 444 g/mol. The molecule has 0 aliphatic carbocycles. The fourth-order valence-corrected chi connectivity index (χ4v) is 3.52. The Labute approximate surface area is 202 Å². The number of carbonyl (C=O) groups is 3. The van der Waals surface area contributed by atoms with E-state index >= 15 is 0 Å². The number of hydrogen-bond acceptors (Lipinski definition) is 5. The lowest BCUT2D eigenvalue weighted by atomic mass is 10.1. The summed E-state index contributed by atoms with van der Waals surface area (Å²) in [5.74, 6) is -0.779. The number of benzene rings is 4. The van der Waals surface area contributed by atoms with Crippen LogP contribution in [0.2, 0.25) is 0 Å². The Morgan fingerprint density at radius 3 is 2.34 bits per heavy atom. The lowest BCUT2D eigenvalue weighted by Crippen LogP contribution is -2.18. The largest absolute Gasteiger partial charge is 0.482 e. The molecule has 4 rings (SSSR count). The van der Waals surface area contributed by atoms with Crippen molar-refractivity contribution >= 4 is 39.9 Å². The number of fused-ring (bicyclic) bond motifs is 1. The minimum Gasteiger partial charge on any atom is -0.482 e. The Balaban J connectivity index is 1.46. The third-order valence-electron chi connectivity index (χ3n) is 5.19. The summed E-state index contributed by atoms with van der Waals surface area (Å²) in [6, 6.07) is 26.7. The molecule has 35 heavy (non-hydrogen) atoms. The summed E-state index contributed by atoms with van der Waals surface area (Å²) in [6.07, 6.45) is 0. The van der Waals surface area contributed by atoms with Crippen molar-refractivity contribution in [3.05, 3.63) is 102 Å². The Hall–Kier alpha value is -4.65. The Bertz CT molecular complexity index is 1380. The fourth-order valence-electron chi connectivity index (χ4n) is 3.52. The molecule has 2 N–H and O–H groups in total. The molecule has 0 bridgehead atoms. The number of hydrogen-bond donors (Lipinski definition) is 2. The highest BCUT2D eigenvalue weighted by Gasteiger charge is 2.15. The first-order valence-electron chi connectivity index (χ1n) is 11.1. The predicted octanol–water partition coefficient (Wildman–Crippen LogP) is 5.29. The SMILES string of the molecule is CCOC(=O)COc1cccc(NC(=O)c2ccccc2NC(=O)c2ccc3ccccc3c2)c1. The van der Waals surface area contributed by atoms with Crippen molar-refractivity contribution in [2.24, 2.45) is 0 Å². The van der Waals surface area contributed by atoms with Gasteiger partial charge in [-0.3, -0.25) is 9.59 Å². The molecule has 0 aromatic heterocycles. The van der Waals surface area contributed by atoms with Gasteiger partial charge >= 0.3 is 5.97 Å². The maximum absolute atomic E-state index is 13.0. The van der Waals surface area contributed by atoms with Gasteiger partial charge in [0.25, 0.3) is 11.8 Å². The zero-order valence-corrected chi connectivity index (χ0v) is 19.1. The quantitative estimate of drug-likeness (QED) is 0.343. The minimum atomic E-state index is -0.474. The molecule has 2 amide bonds. The molecule has 0 saturated carbocycles. The van der Waals surface area contributed by atoms with Gasteiger partial charge in [0.2, 0.25) is 0 Å². The van der Waals surface area contributed by atoms with Gasteiger partial charge in [0, 0.05) is 17.3 Å². The number of para-hydroxylation sites is 1. The van der Waals surface area contributed by atoms with Crippen LogP contribution in [0.3, 0.4) is 0 Å². The number of anilines is 2. The van der Waals surface area contributed by atoms with Crippen LogP contribution in [0.5, 0.6) is 5.75 Å². The van der Waals surface area contributed by atoms with Crippen molar-refractivity contribution in [2.75, 3.05) is 23.8 Å². The number of amides is 2. The fraction of sp³-hybridized carbons (Fsp3) is 0.107. The first-order valence-corrected chi connectivity index (χ1v) is 11.1. The number of nitrogens with one attached hydrogen (secondary N) is 2. The van der Waals surface area contributed by atoms with Crippen LogP contribution in [0.25, 0.3) is 10.8 Å². The first-order chi connectivity index (χ1) is 17.0. The van der Waals surface area contributed by atoms with Crippen LogP contribution in [-0.2, 0) is 9.53 Å². The van der Waals surface area contributed by atoms with E-state index in [1.165, 1.54) is 0 Å². The van der Waals surface area contributed by atoms with Gasteiger partial charge in [-0.25, -0.2) is 4.79 Å². The Morgan fingerprint density at radius 1 is 0.743 bits per heavy atom. The number of esters is 1. The second-order valence-corrected chi connectivity index (χ2v) is 7.64. The lowest BCUT2D eigenvalue weighted by Gasteiger charge is -2.13. The summed E-state index contributed by atoms with van der Waals surface area (Å²) in [6.45, 7) is 1.76. The maximum Gasteiger partial charge on any atom is 0.344 e. The van der Waals surface area contributed by atoms with Gasteiger partial charge in [-0.2, -0.15) is 0 Å². The molecule has 0 aliphatic heterocycles. The standard InChI is InChI=1S/C28H24N2O5/c1-2-34-26(31)18-35-23-11-7-10-22(17-23)29-28(33)24-12-5-6-13-25(24)30-27(32)21-15-14-19-8-3-4-9-20(19)16-21/h3-17H,2,18H2,1H3,(H,29,33)(H,30,32). The van der Waals surface area contributed by atoms with Crippen LogP contribution in [0, 0.1) is 0 Å². The van der Waals surface area contributed by atoms with Gasteiger partial charge in [-0.1, -0.05) is 48.5 Å². The van der Waals surface area contributed by atoms with Crippen molar-refractivity contribution in [1.29, 1.82) is 0 Å². The van der Waals surface area contributed by atoms with Crippen molar-refractivity contribution in [3.8, 4) is 5.75 Å². The van der Waals surface area contributed by atoms with Gasteiger partial charge in [0.15, 0.2) is 6.61 Å². The van der Waals surface area contributed by atoms with Crippen LogP contribution in [-0.4, -0.2) is 31.0 Å². The maximum atomic E-state index is 13.0. The van der Waals surface area contributed by atoms with E-state index in [0.717, 1.165) is 10.8 Å². The summed E-state index contributed by atoms with van der Waals surface area (Å²) in [5, 5.41) is 7.64. The molecule has 7 heteroatoms. The van der Waals surface area contributed by atoms with Crippen LogP contribution in [0.1, 0.15) is 27.6 Å². The first kappa shape index (κ1) is 23.5. The summed E-state index contributed by atoms with van der Waals surface area (Å²) in [4.78, 5) is 37.4. The predicted molar refractivity (Wildman–Crippen MR) is 135 cm³/mol. The third kappa shape index (κ3) is 6.03. The van der Waals surface area contributed by atoms with Gasteiger partial charge in [0.05, 0.1) is 17.9 Å². The van der Waals surface area contributed by atoms with E-state index in [0.29, 0.717) is 28.3 Å². The van der Waals surface area contributed by atoms with E-state index in [1.807, 2.05) is 36.4 Å². The molecule has 7 nitrogen and oxygen atoms in total. The second-order valence-electron chi connectivity index (χ2n) is 7.64. The van der Waals surface area contributed by atoms with Gasteiger partial charge in [-0.15, -0.1) is 0 Å². The van der Waals surface area contributed by atoms with E-state index in [1.54, 1.807) is 61.5 Å². The van der Waals surface area contributed by atoms with E-state index in [2.05, 4.69) is 10.6 Å². The highest BCUT2D eigenvalue weighted by molar-refractivity contribution is 6.13. The highest BCUT2D eigenvalue weighted by Crippen LogP contribution is 2.22. The van der Waals surface area contributed by atoms with E-state index in [9.17, 15) is 14.4 Å². The molecule has 4 aromatic carbocycles. The Kier molecular flexibility index (Phi) is 7.37. The average molecular weight is 469 g/mol. The molecule has 0 unspecified atom stereocenters. The topological polar surface area (TPSA) is 93.7 Å². The second kappa shape index (κ2) is 11.0. The van der Waals surface area contributed by atoms with Gasteiger partial charge in [0.1, 0.15) is 5.75 Å². The summed E-state index contributed by atoms with van der Waals surface area (Å²) >= 11 is 0. The molecule has 0 spiro atoms. The molecule has 0 fully saturated rings. The highest BCUT2D eigenvalue weighted by atomic mass is 16.6. The van der Waals surface area contributed by atoms with E-state index in [-0.39, 0.29) is 19.1 Å².